The number of esters is 1. The molecule has 2 aromatic carbocycles. The standard InChI is InChI=1S/C20H19FN2O4S/c1-11-7-8-13(9-14(11)21)22-19(25)12(2)27-18(24)10-17-20(26)23-15-5-3-4-6-16(15)28-17/h3-9,12,17H,10H2,1-2H3,(H,22,25)(H,23,26)/t12-,17-/m0/s1. The molecule has 0 unspecified atom stereocenters. The average Bonchev–Trinajstić information content (AvgIpc) is 2.65. The molecule has 0 spiro atoms. The van der Waals surface area contributed by atoms with Gasteiger partial charge in [0.2, 0.25) is 5.91 Å². The summed E-state index contributed by atoms with van der Waals surface area (Å²) >= 11 is 1.28. The summed E-state index contributed by atoms with van der Waals surface area (Å²) in [4.78, 5) is 37.4. The molecule has 146 valence electrons. The Kier molecular flexibility index (Phi) is 5.99. The lowest BCUT2D eigenvalue weighted by Crippen LogP contribution is -2.34. The summed E-state index contributed by atoms with van der Waals surface area (Å²) < 4.78 is 18.7. The molecule has 1 aliphatic rings. The summed E-state index contributed by atoms with van der Waals surface area (Å²) in [6.07, 6.45) is -1.25. The van der Waals surface area contributed by atoms with E-state index in [2.05, 4.69) is 10.6 Å². The van der Waals surface area contributed by atoms with Crippen LogP contribution in [0.3, 0.4) is 0 Å². The zero-order chi connectivity index (χ0) is 20.3. The highest BCUT2D eigenvalue weighted by molar-refractivity contribution is 8.01. The van der Waals surface area contributed by atoms with Crippen molar-refractivity contribution in [2.24, 2.45) is 0 Å². The summed E-state index contributed by atoms with van der Waals surface area (Å²) in [6, 6.07) is 11.6. The van der Waals surface area contributed by atoms with Gasteiger partial charge in [0.15, 0.2) is 6.10 Å². The van der Waals surface area contributed by atoms with Crippen LogP contribution in [0.2, 0.25) is 0 Å². The topological polar surface area (TPSA) is 84.5 Å². The van der Waals surface area contributed by atoms with Gasteiger partial charge >= 0.3 is 5.97 Å². The van der Waals surface area contributed by atoms with Crippen molar-refractivity contribution in [3.05, 3.63) is 53.8 Å². The molecule has 0 fully saturated rings. The lowest BCUT2D eigenvalue weighted by atomic mass is 10.2. The number of amides is 2. The van der Waals surface area contributed by atoms with E-state index in [1.54, 1.807) is 25.1 Å². The summed E-state index contributed by atoms with van der Waals surface area (Å²) in [5, 5.41) is 4.62. The molecule has 0 saturated heterocycles. The number of nitrogens with one attached hydrogen (secondary N) is 2. The Morgan fingerprint density at radius 1 is 1.29 bits per heavy atom. The Morgan fingerprint density at radius 3 is 2.79 bits per heavy atom. The monoisotopic (exact) mass is 402 g/mol. The second-order valence-corrected chi connectivity index (χ2v) is 7.63. The molecule has 6 nitrogen and oxygen atoms in total. The van der Waals surface area contributed by atoms with Gasteiger partial charge in [0.1, 0.15) is 5.82 Å². The molecule has 28 heavy (non-hydrogen) atoms. The number of halogens is 1. The largest absolute Gasteiger partial charge is 0.452 e. The fraction of sp³-hybridized carbons (Fsp3) is 0.250. The Hall–Kier alpha value is -2.87. The number of rotatable bonds is 5. The molecule has 0 saturated carbocycles. The van der Waals surface area contributed by atoms with Gasteiger partial charge in [0.05, 0.1) is 17.4 Å². The second kappa shape index (κ2) is 8.43. The van der Waals surface area contributed by atoms with Crippen molar-refractivity contribution in [3.63, 3.8) is 0 Å². The van der Waals surface area contributed by atoms with Crippen LogP contribution in [0.1, 0.15) is 18.9 Å². The Labute approximate surface area is 165 Å². The van der Waals surface area contributed by atoms with Gasteiger partial charge in [-0.15, -0.1) is 11.8 Å². The molecule has 2 aromatic rings. The van der Waals surface area contributed by atoms with Crippen LogP contribution in [0.15, 0.2) is 47.4 Å². The third-order valence-corrected chi connectivity index (χ3v) is 5.45. The number of thioether (sulfide) groups is 1. The van der Waals surface area contributed by atoms with Gasteiger partial charge < -0.3 is 15.4 Å². The van der Waals surface area contributed by atoms with E-state index in [1.807, 2.05) is 18.2 Å². The van der Waals surface area contributed by atoms with E-state index in [0.717, 1.165) is 4.90 Å². The minimum Gasteiger partial charge on any atom is -0.452 e. The lowest BCUT2D eigenvalue weighted by Gasteiger charge is -2.23. The van der Waals surface area contributed by atoms with Gasteiger partial charge in [-0.25, -0.2) is 4.39 Å². The number of fused-ring (bicyclic) bond motifs is 1. The van der Waals surface area contributed by atoms with Crippen molar-refractivity contribution < 1.29 is 23.5 Å². The van der Waals surface area contributed by atoms with Crippen LogP contribution in [-0.4, -0.2) is 29.1 Å². The molecule has 2 amide bonds. The van der Waals surface area contributed by atoms with E-state index in [0.29, 0.717) is 11.3 Å². The molecule has 2 N–H and O–H groups in total. The smallest absolute Gasteiger partial charge is 0.308 e. The van der Waals surface area contributed by atoms with Gasteiger partial charge in [0, 0.05) is 10.6 Å². The number of benzene rings is 2. The van der Waals surface area contributed by atoms with E-state index >= 15 is 0 Å². The molecule has 1 aliphatic heterocycles. The molecule has 0 aliphatic carbocycles. The summed E-state index contributed by atoms with van der Waals surface area (Å²) in [5.41, 5.74) is 1.44. The van der Waals surface area contributed by atoms with Crippen molar-refractivity contribution in [2.45, 2.75) is 36.5 Å². The minimum atomic E-state index is -1.08. The van der Waals surface area contributed by atoms with Crippen LogP contribution in [-0.2, 0) is 19.1 Å². The summed E-state index contributed by atoms with van der Waals surface area (Å²) in [5.74, 6) is -1.97. The first-order valence-electron chi connectivity index (χ1n) is 8.66. The second-order valence-electron chi connectivity index (χ2n) is 6.38. The van der Waals surface area contributed by atoms with Crippen LogP contribution in [0.5, 0.6) is 0 Å². The van der Waals surface area contributed by atoms with Crippen LogP contribution in [0, 0.1) is 12.7 Å². The Balaban J connectivity index is 1.54. The van der Waals surface area contributed by atoms with Crippen molar-refractivity contribution in [1.82, 2.24) is 0 Å². The minimum absolute atomic E-state index is 0.165. The number of anilines is 2. The SMILES string of the molecule is Cc1ccc(NC(=O)[C@H](C)OC(=O)C[C@@H]2Sc3ccccc3NC2=O)cc1F. The van der Waals surface area contributed by atoms with Crippen molar-refractivity contribution in [2.75, 3.05) is 10.6 Å². The summed E-state index contributed by atoms with van der Waals surface area (Å²) in [7, 11) is 0. The van der Waals surface area contributed by atoms with E-state index in [9.17, 15) is 18.8 Å². The van der Waals surface area contributed by atoms with Crippen molar-refractivity contribution in [1.29, 1.82) is 0 Å². The molecule has 0 radical (unpaired) electrons. The third kappa shape index (κ3) is 4.69. The molecule has 0 aromatic heterocycles. The number of carbonyl (C=O) groups excluding carboxylic acids is 3. The fourth-order valence-corrected chi connectivity index (χ4v) is 3.69. The van der Waals surface area contributed by atoms with Crippen LogP contribution in [0.25, 0.3) is 0 Å². The van der Waals surface area contributed by atoms with Gasteiger partial charge in [-0.1, -0.05) is 18.2 Å². The van der Waals surface area contributed by atoms with Crippen LogP contribution < -0.4 is 10.6 Å². The highest BCUT2D eigenvalue weighted by Crippen LogP contribution is 2.36. The number of carbonyl (C=O) groups is 3. The zero-order valence-electron chi connectivity index (χ0n) is 15.3. The van der Waals surface area contributed by atoms with Crippen LogP contribution in [0.4, 0.5) is 15.8 Å². The number of para-hydroxylation sites is 1. The van der Waals surface area contributed by atoms with Crippen LogP contribution >= 0.6 is 11.8 Å². The maximum atomic E-state index is 13.6. The number of ether oxygens (including phenoxy) is 1. The summed E-state index contributed by atoms with van der Waals surface area (Å²) in [6.45, 7) is 3.03. The molecular formula is C20H19FN2O4S. The Bertz CT molecular complexity index is 934. The highest BCUT2D eigenvalue weighted by atomic mass is 32.2. The molecule has 3 rings (SSSR count). The third-order valence-electron chi connectivity index (χ3n) is 4.18. The van der Waals surface area contributed by atoms with E-state index in [4.69, 9.17) is 4.74 Å². The van der Waals surface area contributed by atoms with E-state index in [1.165, 1.54) is 24.8 Å². The predicted octanol–water partition coefficient (Wildman–Crippen LogP) is 3.51. The van der Waals surface area contributed by atoms with Gasteiger partial charge in [-0.05, 0) is 43.7 Å². The maximum absolute atomic E-state index is 13.6. The lowest BCUT2D eigenvalue weighted by molar-refractivity contribution is -0.153. The number of hydrogen-bond acceptors (Lipinski definition) is 5. The first-order chi connectivity index (χ1) is 13.3. The average molecular weight is 402 g/mol. The number of hydrogen-bond donors (Lipinski definition) is 2. The normalized spacial score (nSPS) is 16.5. The van der Waals surface area contributed by atoms with E-state index < -0.39 is 29.0 Å². The van der Waals surface area contributed by atoms with Gasteiger partial charge in [0.25, 0.3) is 5.91 Å². The zero-order valence-corrected chi connectivity index (χ0v) is 16.1. The van der Waals surface area contributed by atoms with Crippen molar-refractivity contribution in [3.8, 4) is 0 Å². The molecule has 1 heterocycles. The Morgan fingerprint density at radius 2 is 2.04 bits per heavy atom. The fourth-order valence-electron chi connectivity index (χ4n) is 2.59. The van der Waals surface area contributed by atoms with Gasteiger partial charge in [-0.2, -0.15) is 0 Å². The van der Waals surface area contributed by atoms with E-state index in [-0.39, 0.29) is 18.0 Å². The predicted molar refractivity (Wildman–Crippen MR) is 105 cm³/mol. The first-order valence-corrected chi connectivity index (χ1v) is 9.54. The van der Waals surface area contributed by atoms with Gasteiger partial charge in [-0.3, -0.25) is 14.4 Å². The molecular weight excluding hydrogens is 383 g/mol. The maximum Gasteiger partial charge on any atom is 0.308 e. The molecule has 0 bridgehead atoms. The highest BCUT2D eigenvalue weighted by Gasteiger charge is 2.30. The van der Waals surface area contributed by atoms with Crippen molar-refractivity contribution >= 4 is 40.9 Å². The molecule has 2 atom stereocenters. The quantitative estimate of drug-likeness (QED) is 0.748. The molecule has 8 heteroatoms. The number of aryl methyl sites for hydroxylation is 1. The first kappa shape index (κ1) is 19.9.